The molecule has 2 bridgehead atoms. The summed E-state index contributed by atoms with van der Waals surface area (Å²) in [5.74, 6) is 1.27. The molecule has 3 aromatic rings. The molecule has 5 heteroatoms. The van der Waals surface area contributed by atoms with Crippen molar-refractivity contribution in [2.24, 2.45) is 0 Å². The first kappa shape index (κ1) is 14.6. The van der Waals surface area contributed by atoms with E-state index in [1.807, 2.05) is 24.4 Å². The number of halogens is 2. The molecular formula is C19H17BrFN3. The number of piperidine rings is 1. The predicted molar refractivity (Wildman–Crippen MR) is 96.0 cm³/mol. The van der Waals surface area contributed by atoms with Crippen LogP contribution in [0.15, 0.2) is 41.0 Å². The average Bonchev–Trinajstić information content (AvgIpc) is 2.73. The number of hydrogen-bond acceptors (Lipinski definition) is 2. The Labute approximate surface area is 148 Å². The van der Waals surface area contributed by atoms with Gasteiger partial charge in [0.15, 0.2) is 0 Å². The van der Waals surface area contributed by atoms with Crippen LogP contribution in [-0.2, 0) is 6.54 Å². The summed E-state index contributed by atoms with van der Waals surface area (Å²) >= 11 is 3.46. The third kappa shape index (κ3) is 2.15. The molecule has 0 aliphatic carbocycles. The minimum atomic E-state index is -0.169. The number of benzene rings is 1. The van der Waals surface area contributed by atoms with Gasteiger partial charge < -0.3 is 0 Å². The van der Waals surface area contributed by atoms with Gasteiger partial charge in [-0.2, -0.15) is 0 Å². The average molecular weight is 386 g/mol. The van der Waals surface area contributed by atoms with Crippen molar-refractivity contribution in [2.45, 2.75) is 25.3 Å². The van der Waals surface area contributed by atoms with E-state index in [9.17, 15) is 4.39 Å². The molecule has 24 heavy (non-hydrogen) atoms. The van der Waals surface area contributed by atoms with E-state index in [4.69, 9.17) is 0 Å². The standard InChI is InChI=1S/C19H17BrFN3/c20-13-1-4-18(22-10-13)24-17-3-2-14(21)9-15(17)16-11-23-7-5-12(6-8-23)19(16)24/h1-4,9-10,12H,5-8,11H2. The Morgan fingerprint density at radius 1 is 1.12 bits per heavy atom. The Balaban J connectivity index is 1.85. The van der Waals surface area contributed by atoms with Gasteiger partial charge in [0.25, 0.3) is 0 Å². The van der Waals surface area contributed by atoms with Gasteiger partial charge in [0, 0.05) is 34.2 Å². The van der Waals surface area contributed by atoms with Crippen LogP contribution in [0, 0.1) is 5.82 Å². The lowest BCUT2D eigenvalue weighted by Gasteiger charge is -2.27. The number of fused-ring (bicyclic) bond motifs is 3. The summed E-state index contributed by atoms with van der Waals surface area (Å²) in [7, 11) is 0. The van der Waals surface area contributed by atoms with Crippen LogP contribution >= 0.6 is 15.9 Å². The summed E-state index contributed by atoms with van der Waals surface area (Å²) in [6, 6.07) is 9.18. The van der Waals surface area contributed by atoms with Gasteiger partial charge in [-0.3, -0.25) is 9.47 Å². The minimum absolute atomic E-state index is 0.169. The molecule has 1 fully saturated rings. The molecule has 0 atom stereocenters. The van der Waals surface area contributed by atoms with Crippen LogP contribution in [0.4, 0.5) is 4.39 Å². The van der Waals surface area contributed by atoms with E-state index in [1.165, 1.54) is 24.1 Å². The highest BCUT2D eigenvalue weighted by Gasteiger charge is 2.33. The van der Waals surface area contributed by atoms with Gasteiger partial charge in [0.1, 0.15) is 11.6 Å². The number of nitrogens with zero attached hydrogens (tertiary/aromatic N) is 3. The van der Waals surface area contributed by atoms with Crippen LogP contribution in [-0.4, -0.2) is 27.5 Å². The van der Waals surface area contributed by atoms with Gasteiger partial charge in [-0.15, -0.1) is 0 Å². The Kier molecular flexibility index (Phi) is 3.28. The normalized spacial score (nSPS) is 22.6. The van der Waals surface area contributed by atoms with Crippen molar-refractivity contribution in [3.8, 4) is 5.82 Å². The molecule has 5 heterocycles. The van der Waals surface area contributed by atoms with Crippen molar-refractivity contribution in [3.05, 3.63) is 58.1 Å². The van der Waals surface area contributed by atoms with Gasteiger partial charge in [-0.05, 0) is 77.8 Å². The van der Waals surface area contributed by atoms with Crippen molar-refractivity contribution >= 4 is 26.8 Å². The van der Waals surface area contributed by atoms with Gasteiger partial charge in [-0.25, -0.2) is 9.37 Å². The van der Waals surface area contributed by atoms with E-state index in [2.05, 4.69) is 30.4 Å². The molecule has 0 spiro atoms. The third-order valence-electron chi connectivity index (χ3n) is 5.37. The number of rotatable bonds is 1. The van der Waals surface area contributed by atoms with Crippen LogP contribution in [0.25, 0.3) is 16.7 Å². The maximum atomic E-state index is 13.9. The van der Waals surface area contributed by atoms with Crippen LogP contribution in [0.2, 0.25) is 0 Å². The molecule has 122 valence electrons. The van der Waals surface area contributed by atoms with Gasteiger partial charge in [0.05, 0.1) is 5.52 Å². The Hall–Kier alpha value is -1.72. The summed E-state index contributed by atoms with van der Waals surface area (Å²) in [5.41, 5.74) is 3.68. The van der Waals surface area contributed by atoms with E-state index >= 15 is 0 Å². The lowest BCUT2D eigenvalue weighted by Crippen LogP contribution is -2.29. The van der Waals surface area contributed by atoms with Crippen LogP contribution in [0.5, 0.6) is 0 Å². The van der Waals surface area contributed by atoms with E-state index in [0.29, 0.717) is 5.92 Å². The molecular weight excluding hydrogens is 369 g/mol. The molecule has 1 aromatic carbocycles. The van der Waals surface area contributed by atoms with Crippen molar-refractivity contribution in [1.82, 2.24) is 14.5 Å². The quantitative estimate of drug-likeness (QED) is 0.609. The molecule has 1 saturated heterocycles. The summed E-state index contributed by atoms with van der Waals surface area (Å²) in [4.78, 5) is 7.12. The predicted octanol–water partition coefficient (Wildman–Crippen LogP) is 4.62. The smallest absolute Gasteiger partial charge is 0.137 e. The van der Waals surface area contributed by atoms with E-state index < -0.39 is 0 Å². The second kappa shape index (κ2) is 5.39. The lowest BCUT2D eigenvalue weighted by molar-refractivity contribution is 0.220. The second-order valence-corrected chi connectivity index (χ2v) is 7.66. The molecule has 0 saturated carbocycles. The number of hydrogen-bond donors (Lipinski definition) is 0. The van der Waals surface area contributed by atoms with Crippen molar-refractivity contribution in [2.75, 3.05) is 13.1 Å². The fraction of sp³-hybridized carbons (Fsp3) is 0.316. The third-order valence-corrected chi connectivity index (χ3v) is 5.84. The lowest BCUT2D eigenvalue weighted by atomic mass is 9.94. The summed E-state index contributed by atoms with van der Waals surface area (Å²) in [6.45, 7) is 3.17. The van der Waals surface area contributed by atoms with Gasteiger partial charge in [-0.1, -0.05) is 0 Å². The largest absolute Gasteiger partial charge is 0.299 e. The Bertz CT molecular complexity index is 924. The Morgan fingerprint density at radius 2 is 1.96 bits per heavy atom. The monoisotopic (exact) mass is 385 g/mol. The van der Waals surface area contributed by atoms with E-state index in [0.717, 1.165) is 40.8 Å². The van der Waals surface area contributed by atoms with Crippen molar-refractivity contribution in [3.63, 3.8) is 0 Å². The highest BCUT2D eigenvalue weighted by atomic mass is 79.9. The van der Waals surface area contributed by atoms with E-state index in [1.54, 1.807) is 12.1 Å². The molecule has 6 rings (SSSR count). The van der Waals surface area contributed by atoms with Gasteiger partial charge in [0.2, 0.25) is 0 Å². The zero-order valence-corrected chi connectivity index (χ0v) is 14.8. The maximum absolute atomic E-state index is 13.9. The molecule has 3 aliphatic rings. The molecule has 0 N–H and O–H groups in total. The summed E-state index contributed by atoms with van der Waals surface area (Å²) in [6.07, 6.45) is 4.17. The maximum Gasteiger partial charge on any atom is 0.137 e. The van der Waals surface area contributed by atoms with Crippen LogP contribution in [0.1, 0.15) is 30.0 Å². The van der Waals surface area contributed by atoms with Gasteiger partial charge >= 0.3 is 0 Å². The molecule has 0 unspecified atom stereocenters. The fourth-order valence-electron chi connectivity index (χ4n) is 4.28. The summed E-state index contributed by atoms with van der Waals surface area (Å²) in [5, 5.41) is 1.04. The topological polar surface area (TPSA) is 21.1 Å². The highest BCUT2D eigenvalue weighted by Crippen LogP contribution is 2.42. The fourth-order valence-corrected chi connectivity index (χ4v) is 4.51. The number of pyridine rings is 1. The SMILES string of the molecule is Fc1ccc2c(c1)c1c(n2-c2ccc(Br)cn2)C2CCN(CC2)C1. The number of aromatic nitrogens is 2. The van der Waals surface area contributed by atoms with Crippen molar-refractivity contribution < 1.29 is 4.39 Å². The van der Waals surface area contributed by atoms with Crippen molar-refractivity contribution in [1.29, 1.82) is 0 Å². The first-order valence-electron chi connectivity index (χ1n) is 8.38. The molecule has 3 aliphatic heterocycles. The first-order valence-corrected chi connectivity index (χ1v) is 9.17. The Morgan fingerprint density at radius 3 is 2.71 bits per heavy atom. The van der Waals surface area contributed by atoms with E-state index in [-0.39, 0.29) is 5.82 Å². The molecule has 0 amide bonds. The molecule has 2 aromatic heterocycles. The minimum Gasteiger partial charge on any atom is -0.299 e. The molecule has 0 radical (unpaired) electrons. The zero-order valence-electron chi connectivity index (χ0n) is 13.2. The second-order valence-electron chi connectivity index (χ2n) is 6.75. The zero-order chi connectivity index (χ0) is 16.3. The highest BCUT2D eigenvalue weighted by molar-refractivity contribution is 9.10. The summed E-state index contributed by atoms with van der Waals surface area (Å²) < 4.78 is 17.2. The van der Waals surface area contributed by atoms with Crippen LogP contribution < -0.4 is 0 Å². The first-order chi connectivity index (χ1) is 11.7. The van der Waals surface area contributed by atoms with Crippen LogP contribution in [0.3, 0.4) is 0 Å². The molecule has 3 nitrogen and oxygen atoms in total.